The average molecular weight is 399 g/mol. The summed E-state index contributed by atoms with van der Waals surface area (Å²) >= 11 is 0. The van der Waals surface area contributed by atoms with E-state index in [1.807, 2.05) is 65.6 Å². The van der Waals surface area contributed by atoms with Crippen LogP contribution < -0.4 is 5.32 Å². The highest BCUT2D eigenvalue weighted by molar-refractivity contribution is 6.08. The van der Waals surface area contributed by atoms with Crippen molar-refractivity contribution in [2.24, 2.45) is 0 Å². The minimum atomic E-state index is -0.262. The van der Waals surface area contributed by atoms with Gasteiger partial charge in [-0.05, 0) is 41.6 Å². The Morgan fingerprint density at radius 3 is 2.40 bits per heavy atom. The minimum absolute atomic E-state index is 0.0444. The van der Waals surface area contributed by atoms with E-state index in [2.05, 4.69) is 17.3 Å². The Balaban J connectivity index is 1.50. The monoisotopic (exact) mass is 399 g/mol. The Morgan fingerprint density at radius 1 is 0.867 bits per heavy atom. The summed E-state index contributed by atoms with van der Waals surface area (Å²) in [5.41, 5.74) is 2.04. The van der Waals surface area contributed by atoms with Crippen molar-refractivity contribution in [2.45, 2.75) is 0 Å². The number of para-hydroxylation sites is 1. The van der Waals surface area contributed by atoms with Crippen LogP contribution in [-0.4, -0.2) is 54.8 Å². The van der Waals surface area contributed by atoms with Gasteiger partial charge >= 0.3 is 0 Å². The lowest BCUT2D eigenvalue weighted by Crippen LogP contribution is -2.47. The van der Waals surface area contributed by atoms with Gasteiger partial charge in [0, 0.05) is 32.3 Å². The van der Waals surface area contributed by atoms with E-state index in [1.165, 1.54) is 6.08 Å². The van der Waals surface area contributed by atoms with E-state index < -0.39 is 0 Å². The van der Waals surface area contributed by atoms with E-state index >= 15 is 0 Å². The van der Waals surface area contributed by atoms with Crippen LogP contribution in [0.5, 0.6) is 0 Å². The molecule has 0 unspecified atom stereocenters. The number of anilines is 1. The SMILES string of the molecule is CN1CCN(C(=O)c2ccccc2NC(=O)/C=C/c2cccc3ccccc23)CC1. The van der Waals surface area contributed by atoms with Gasteiger partial charge in [-0.25, -0.2) is 0 Å². The van der Waals surface area contributed by atoms with Gasteiger partial charge in [0.05, 0.1) is 11.3 Å². The molecule has 2 amide bonds. The van der Waals surface area contributed by atoms with Crippen molar-refractivity contribution in [1.82, 2.24) is 9.80 Å². The summed E-state index contributed by atoms with van der Waals surface area (Å²) in [4.78, 5) is 29.6. The van der Waals surface area contributed by atoms with E-state index in [0.29, 0.717) is 24.3 Å². The zero-order chi connectivity index (χ0) is 20.9. The number of benzene rings is 3. The topological polar surface area (TPSA) is 52.6 Å². The first kappa shape index (κ1) is 19.9. The molecule has 0 spiro atoms. The lowest BCUT2D eigenvalue weighted by Gasteiger charge is -2.32. The Hall–Kier alpha value is -3.44. The van der Waals surface area contributed by atoms with Crippen molar-refractivity contribution in [2.75, 3.05) is 38.5 Å². The van der Waals surface area contributed by atoms with Crippen LogP contribution in [0, 0.1) is 0 Å². The highest BCUT2D eigenvalue weighted by Gasteiger charge is 2.22. The number of piperazine rings is 1. The molecule has 3 aromatic rings. The number of amides is 2. The number of carbonyl (C=O) groups excluding carboxylic acids is 2. The molecule has 1 N–H and O–H groups in total. The maximum Gasteiger partial charge on any atom is 0.256 e. The molecule has 1 heterocycles. The zero-order valence-electron chi connectivity index (χ0n) is 17.0. The van der Waals surface area contributed by atoms with Crippen LogP contribution in [-0.2, 0) is 4.79 Å². The van der Waals surface area contributed by atoms with Crippen molar-refractivity contribution in [1.29, 1.82) is 0 Å². The highest BCUT2D eigenvalue weighted by atomic mass is 16.2. The van der Waals surface area contributed by atoms with E-state index in [9.17, 15) is 9.59 Å². The van der Waals surface area contributed by atoms with Gasteiger partial charge in [-0.3, -0.25) is 9.59 Å². The number of nitrogens with zero attached hydrogens (tertiary/aromatic N) is 2. The smallest absolute Gasteiger partial charge is 0.256 e. The molecule has 0 aromatic heterocycles. The third-order valence-corrected chi connectivity index (χ3v) is 5.44. The summed E-state index contributed by atoms with van der Waals surface area (Å²) in [5.74, 6) is -0.307. The van der Waals surface area contributed by atoms with Crippen LogP contribution in [0.3, 0.4) is 0 Å². The van der Waals surface area contributed by atoms with Gasteiger partial charge in [0.15, 0.2) is 0 Å². The van der Waals surface area contributed by atoms with Gasteiger partial charge in [-0.15, -0.1) is 0 Å². The standard InChI is InChI=1S/C25H25N3O2/c1-27-15-17-28(18-16-27)25(30)22-11-4-5-12-23(22)26-24(29)14-13-20-9-6-8-19-7-2-3-10-21(19)20/h2-14H,15-18H2,1H3,(H,26,29)/b14-13+. The summed E-state index contributed by atoms with van der Waals surface area (Å²) in [6.07, 6.45) is 3.32. The third kappa shape index (κ3) is 4.42. The molecule has 0 aliphatic carbocycles. The second-order valence-corrected chi connectivity index (χ2v) is 7.53. The molecule has 5 nitrogen and oxygen atoms in total. The lowest BCUT2D eigenvalue weighted by atomic mass is 10.0. The molecule has 3 aromatic carbocycles. The molecule has 5 heteroatoms. The van der Waals surface area contributed by atoms with Crippen LogP contribution in [0.15, 0.2) is 72.8 Å². The molecule has 4 rings (SSSR count). The second kappa shape index (κ2) is 8.93. The van der Waals surface area contributed by atoms with E-state index in [-0.39, 0.29) is 11.8 Å². The number of fused-ring (bicyclic) bond motifs is 1. The molecule has 0 radical (unpaired) electrons. The van der Waals surface area contributed by atoms with Crippen LogP contribution in [0.2, 0.25) is 0 Å². The predicted octanol–water partition coefficient (Wildman–Crippen LogP) is 3.88. The molecule has 0 bridgehead atoms. The molecular weight excluding hydrogens is 374 g/mol. The quantitative estimate of drug-likeness (QED) is 0.678. The van der Waals surface area contributed by atoms with Crippen LogP contribution in [0.4, 0.5) is 5.69 Å². The van der Waals surface area contributed by atoms with Crippen LogP contribution >= 0.6 is 0 Å². The maximum absolute atomic E-state index is 13.0. The third-order valence-electron chi connectivity index (χ3n) is 5.44. The van der Waals surface area contributed by atoms with Crippen molar-refractivity contribution in [3.8, 4) is 0 Å². The molecule has 1 fully saturated rings. The van der Waals surface area contributed by atoms with Gasteiger partial charge in [0.1, 0.15) is 0 Å². The van der Waals surface area contributed by atoms with Crippen molar-refractivity contribution in [3.05, 3.63) is 83.9 Å². The number of hydrogen-bond acceptors (Lipinski definition) is 3. The number of rotatable bonds is 4. The first-order valence-electron chi connectivity index (χ1n) is 10.2. The lowest BCUT2D eigenvalue weighted by molar-refractivity contribution is -0.111. The molecule has 0 atom stereocenters. The zero-order valence-corrected chi connectivity index (χ0v) is 17.0. The van der Waals surface area contributed by atoms with Crippen molar-refractivity contribution >= 4 is 34.4 Å². The fourth-order valence-electron chi connectivity index (χ4n) is 3.69. The van der Waals surface area contributed by atoms with Gasteiger partial charge in [0.25, 0.3) is 5.91 Å². The first-order valence-corrected chi connectivity index (χ1v) is 10.2. The predicted molar refractivity (Wildman–Crippen MR) is 121 cm³/mol. The van der Waals surface area contributed by atoms with Crippen LogP contribution in [0.1, 0.15) is 15.9 Å². The Bertz CT molecular complexity index is 1090. The Morgan fingerprint density at radius 2 is 1.57 bits per heavy atom. The molecule has 152 valence electrons. The van der Waals surface area contributed by atoms with Gasteiger partial charge in [-0.2, -0.15) is 0 Å². The molecule has 30 heavy (non-hydrogen) atoms. The van der Waals surface area contributed by atoms with E-state index in [4.69, 9.17) is 0 Å². The van der Waals surface area contributed by atoms with Crippen molar-refractivity contribution < 1.29 is 9.59 Å². The minimum Gasteiger partial charge on any atom is -0.336 e. The molecule has 1 aliphatic rings. The average Bonchev–Trinajstić information content (AvgIpc) is 2.78. The Kier molecular flexibility index (Phi) is 5.91. The normalized spacial score (nSPS) is 14.9. The first-order chi connectivity index (χ1) is 14.6. The molecular formula is C25H25N3O2. The van der Waals surface area contributed by atoms with Crippen LogP contribution in [0.25, 0.3) is 16.8 Å². The number of hydrogen-bond donors (Lipinski definition) is 1. The fraction of sp³-hybridized carbons (Fsp3) is 0.200. The van der Waals surface area contributed by atoms with Gasteiger partial charge in [0.2, 0.25) is 5.91 Å². The highest BCUT2D eigenvalue weighted by Crippen LogP contribution is 2.21. The van der Waals surface area contributed by atoms with Crippen molar-refractivity contribution in [3.63, 3.8) is 0 Å². The molecule has 1 aliphatic heterocycles. The largest absolute Gasteiger partial charge is 0.336 e. The maximum atomic E-state index is 13.0. The number of nitrogens with one attached hydrogen (secondary N) is 1. The number of likely N-dealkylation sites (N-methyl/N-ethyl adjacent to an activating group) is 1. The second-order valence-electron chi connectivity index (χ2n) is 7.53. The van der Waals surface area contributed by atoms with Gasteiger partial charge in [-0.1, -0.05) is 54.6 Å². The summed E-state index contributed by atoms with van der Waals surface area (Å²) in [5, 5.41) is 5.09. The molecule has 1 saturated heterocycles. The van der Waals surface area contributed by atoms with E-state index in [0.717, 1.165) is 29.4 Å². The summed E-state index contributed by atoms with van der Waals surface area (Å²) in [7, 11) is 2.05. The summed E-state index contributed by atoms with van der Waals surface area (Å²) < 4.78 is 0. The summed E-state index contributed by atoms with van der Waals surface area (Å²) in [6.45, 7) is 3.10. The fourth-order valence-corrected chi connectivity index (χ4v) is 3.69. The molecule has 0 saturated carbocycles. The van der Waals surface area contributed by atoms with Gasteiger partial charge < -0.3 is 15.1 Å². The number of carbonyl (C=O) groups is 2. The summed E-state index contributed by atoms with van der Waals surface area (Å²) in [6, 6.07) is 21.3. The Labute approximate surface area is 176 Å². The van der Waals surface area contributed by atoms with E-state index in [1.54, 1.807) is 12.1 Å².